The van der Waals surface area contributed by atoms with E-state index in [0.29, 0.717) is 30.9 Å². The van der Waals surface area contributed by atoms with E-state index in [1.807, 2.05) is 12.1 Å². The molecule has 27 heavy (non-hydrogen) atoms. The van der Waals surface area contributed by atoms with Crippen LogP contribution in [-0.4, -0.2) is 35.0 Å². The third-order valence-corrected chi connectivity index (χ3v) is 3.56. The van der Waals surface area contributed by atoms with Crippen LogP contribution in [0.4, 0.5) is 11.4 Å². The molecule has 136 valence electrons. The molecule has 2 aromatic rings. The van der Waals surface area contributed by atoms with Gasteiger partial charge in [-0.1, -0.05) is 0 Å². The minimum absolute atomic E-state index is 0.0668. The highest BCUT2D eigenvalue weighted by atomic mass is 15.3. The molecule has 0 spiro atoms. The van der Waals surface area contributed by atoms with E-state index in [1.165, 1.54) is 0 Å². The van der Waals surface area contributed by atoms with Crippen LogP contribution in [0.2, 0.25) is 0 Å². The average Bonchev–Trinajstić information content (AvgIpc) is 2.69. The standard InChI is InChI=1S/C17H18N10/c18-12-24-16(20)26(14-4-1-6-22-10-14)8-3-9-27(17(21)25-13-19)15-5-2-7-23-11-15/h1-2,4-7,10-11H,3,8-9H2,(H2,20,24)(H2,21,25). The normalized spacial score (nSPS) is 11.3. The van der Waals surface area contributed by atoms with E-state index < -0.39 is 0 Å². The van der Waals surface area contributed by atoms with Crippen LogP contribution in [0.1, 0.15) is 6.42 Å². The molecule has 0 unspecified atom stereocenters. The van der Waals surface area contributed by atoms with Crippen molar-refractivity contribution in [3.05, 3.63) is 49.1 Å². The molecule has 0 aromatic carbocycles. The number of hydrogen-bond acceptors (Lipinski definition) is 6. The Balaban J connectivity index is 2.15. The molecule has 0 aliphatic heterocycles. The number of nitriles is 2. The first kappa shape index (κ1) is 19.1. The first-order valence-corrected chi connectivity index (χ1v) is 7.97. The van der Waals surface area contributed by atoms with Crippen LogP contribution in [-0.2, 0) is 0 Å². The van der Waals surface area contributed by atoms with Gasteiger partial charge in [0.25, 0.3) is 0 Å². The number of nitrogens with zero attached hydrogens (tertiary/aromatic N) is 8. The summed E-state index contributed by atoms with van der Waals surface area (Å²) in [7, 11) is 0. The van der Waals surface area contributed by atoms with Gasteiger partial charge in [0.1, 0.15) is 0 Å². The van der Waals surface area contributed by atoms with Gasteiger partial charge in [-0.05, 0) is 30.7 Å². The SMILES string of the molecule is N#CN=C(N)N(CCCN(C(N)=NC#N)c1cccnc1)c1cccnc1. The zero-order valence-electron chi connectivity index (χ0n) is 14.5. The topological polar surface area (TPSA) is 157 Å². The summed E-state index contributed by atoms with van der Waals surface area (Å²) in [5, 5.41) is 17.6. The summed E-state index contributed by atoms with van der Waals surface area (Å²) >= 11 is 0. The molecule has 10 nitrogen and oxygen atoms in total. The molecule has 2 aromatic heterocycles. The Kier molecular flexibility index (Phi) is 7.06. The van der Waals surface area contributed by atoms with E-state index in [4.69, 9.17) is 22.0 Å². The third kappa shape index (κ3) is 5.41. The molecule has 4 N–H and O–H groups in total. The van der Waals surface area contributed by atoms with Crippen molar-refractivity contribution >= 4 is 23.3 Å². The number of guanidine groups is 2. The first-order chi connectivity index (χ1) is 13.2. The van der Waals surface area contributed by atoms with Gasteiger partial charge in [0.2, 0.25) is 24.3 Å². The van der Waals surface area contributed by atoms with E-state index in [-0.39, 0.29) is 11.9 Å². The van der Waals surface area contributed by atoms with Gasteiger partial charge in [-0.2, -0.15) is 10.5 Å². The van der Waals surface area contributed by atoms with Crippen molar-refractivity contribution in [1.82, 2.24) is 9.97 Å². The van der Waals surface area contributed by atoms with E-state index in [1.54, 1.807) is 59.1 Å². The Hall–Kier alpha value is -4.18. The summed E-state index contributed by atoms with van der Waals surface area (Å²) in [6, 6.07) is 7.16. The largest absolute Gasteiger partial charge is 0.369 e. The van der Waals surface area contributed by atoms with E-state index >= 15 is 0 Å². The second-order valence-corrected chi connectivity index (χ2v) is 5.22. The predicted octanol–water partition coefficient (Wildman–Crippen LogP) is 0.771. The molecule has 0 radical (unpaired) electrons. The molecule has 0 saturated heterocycles. The molecule has 0 amide bonds. The molecule has 0 aliphatic carbocycles. The van der Waals surface area contributed by atoms with Crippen LogP contribution in [0.3, 0.4) is 0 Å². The van der Waals surface area contributed by atoms with Crippen LogP contribution in [0.5, 0.6) is 0 Å². The number of hydrogen-bond donors (Lipinski definition) is 2. The number of anilines is 2. The van der Waals surface area contributed by atoms with E-state index in [9.17, 15) is 0 Å². The van der Waals surface area contributed by atoms with Crippen LogP contribution in [0.15, 0.2) is 59.0 Å². The smallest absolute Gasteiger partial charge is 0.211 e. The fraction of sp³-hybridized carbons (Fsp3) is 0.176. The molecule has 0 fully saturated rings. The molecule has 0 atom stereocenters. The van der Waals surface area contributed by atoms with Crippen molar-refractivity contribution < 1.29 is 0 Å². The lowest BCUT2D eigenvalue weighted by Crippen LogP contribution is -2.42. The van der Waals surface area contributed by atoms with E-state index in [2.05, 4.69) is 20.0 Å². The maximum absolute atomic E-state index is 8.79. The quantitative estimate of drug-likeness (QED) is 0.433. The molecule has 2 heterocycles. The van der Waals surface area contributed by atoms with Gasteiger partial charge >= 0.3 is 0 Å². The van der Waals surface area contributed by atoms with Crippen molar-refractivity contribution in [2.45, 2.75) is 6.42 Å². The average molecular weight is 362 g/mol. The Morgan fingerprint density at radius 2 is 1.33 bits per heavy atom. The number of nitrogens with two attached hydrogens (primary N) is 2. The van der Waals surface area contributed by atoms with Gasteiger partial charge in [-0.15, -0.1) is 9.98 Å². The maximum atomic E-state index is 8.79. The highest BCUT2D eigenvalue weighted by Gasteiger charge is 2.15. The molecular formula is C17H18N10. The number of rotatable bonds is 6. The lowest BCUT2D eigenvalue weighted by Gasteiger charge is -2.26. The van der Waals surface area contributed by atoms with Crippen LogP contribution < -0.4 is 21.3 Å². The zero-order chi connectivity index (χ0) is 19.5. The van der Waals surface area contributed by atoms with Crippen molar-refractivity contribution in [2.24, 2.45) is 21.5 Å². The maximum Gasteiger partial charge on any atom is 0.211 e. The van der Waals surface area contributed by atoms with Gasteiger partial charge in [-0.3, -0.25) is 9.97 Å². The first-order valence-electron chi connectivity index (χ1n) is 7.97. The zero-order valence-corrected chi connectivity index (χ0v) is 14.5. The second kappa shape index (κ2) is 9.96. The Morgan fingerprint density at radius 1 is 0.889 bits per heavy atom. The fourth-order valence-electron chi connectivity index (χ4n) is 2.39. The minimum Gasteiger partial charge on any atom is -0.369 e. The lowest BCUT2D eigenvalue weighted by molar-refractivity contribution is 0.808. The number of aromatic nitrogens is 2. The van der Waals surface area contributed by atoms with Gasteiger partial charge in [-0.25, -0.2) is 0 Å². The van der Waals surface area contributed by atoms with Crippen molar-refractivity contribution in [3.8, 4) is 12.4 Å². The number of pyridine rings is 2. The number of aliphatic imine (C=N–C) groups is 2. The Bertz CT molecular complexity index is 791. The highest BCUT2D eigenvalue weighted by molar-refractivity contribution is 5.96. The Labute approximate surface area is 156 Å². The summed E-state index contributed by atoms with van der Waals surface area (Å²) in [6.07, 6.45) is 10.5. The molecule has 10 heteroatoms. The molecule has 2 rings (SSSR count). The van der Waals surface area contributed by atoms with Gasteiger partial charge in [0.15, 0.2) is 0 Å². The van der Waals surface area contributed by atoms with Crippen LogP contribution in [0.25, 0.3) is 0 Å². The van der Waals surface area contributed by atoms with Gasteiger partial charge in [0, 0.05) is 25.5 Å². The molecule has 0 saturated carbocycles. The van der Waals surface area contributed by atoms with Crippen LogP contribution >= 0.6 is 0 Å². The van der Waals surface area contributed by atoms with E-state index in [0.717, 1.165) is 0 Å². The highest BCUT2D eigenvalue weighted by Crippen LogP contribution is 2.15. The third-order valence-electron chi connectivity index (χ3n) is 3.56. The second-order valence-electron chi connectivity index (χ2n) is 5.22. The Morgan fingerprint density at radius 3 is 1.67 bits per heavy atom. The molecule has 0 aliphatic rings. The molecule has 0 bridgehead atoms. The lowest BCUT2D eigenvalue weighted by atomic mass is 10.3. The molecular weight excluding hydrogens is 344 g/mol. The summed E-state index contributed by atoms with van der Waals surface area (Å²) in [6.45, 7) is 0.888. The summed E-state index contributed by atoms with van der Waals surface area (Å²) in [5.41, 5.74) is 13.2. The van der Waals surface area contributed by atoms with Gasteiger partial charge < -0.3 is 21.3 Å². The monoisotopic (exact) mass is 362 g/mol. The fourth-order valence-corrected chi connectivity index (χ4v) is 2.39. The minimum atomic E-state index is 0.0668. The summed E-state index contributed by atoms with van der Waals surface area (Å²) < 4.78 is 0. The predicted molar refractivity (Wildman–Crippen MR) is 102 cm³/mol. The van der Waals surface area contributed by atoms with Crippen LogP contribution in [0, 0.1) is 22.9 Å². The summed E-state index contributed by atoms with van der Waals surface area (Å²) in [4.78, 5) is 18.7. The van der Waals surface area contributed by atoms with Gasteiger partial charge in [0.05, 0.1) is 23.8 Å². The van der Waals surface area contributed by atoms with Crippen molar-refractivity contribution in [3.63, 3.8) is 0 Å². The summed E-state index contributed by atoms with van der Waals surface area (Å²) in [5.74, 6) is 0.134. The van der Waals surface area contributed by atoms with Crippen molar-refractivity contribution in [1.29, 1.82) is 10.5 Å². The van der Waals surface area contributed by atoms with Crippen molar-refractivity contribution in [2.75, 3.05) is 22.9 Å².